The summed E-state index contributed by atoms with van der Waals surface area (Å²) in [6, 6.07) is 0.498. The molecule has 0 saturated heterocycles. The van der Waals surface area contributed by atoms with Gasteiger partial charge in [-0.05, 0) is 18.6 Å². The zero-order valence-corrected chi connectivity index (χ0v) is 9.66. The van der Waals surface area contributed by atoms with E-state index < -0.39 is 0 Å². The minimum atomic E-state index is 0.197. The highest BCUT2D eigenvalue weighted by molar-refractivity contribution is 7.99. The van der Waals surface area contributed by atoms with Gasteiger partial charge in [-0.25, -0.2) is 0 Å². The van der Waals surface area contributed by atoms with E-state index in [2.05, 4.69) is 17.6 Å². The van der Waals surface area contributed by atoms with E-state index in [4.69, 9.17) is 0 Å². The lowest BCUT2D eigenvalue weighted by atomic mass is 10.4. The summed E-state index contributed by atoms with van der Waals surface area (Å²) in [6.45, 7) is 3.98. The van der Waals surface area contributed by atoms with Gasteiger partial charge < -0.3 is 10.6 Å². The molecule has 2 N–H and O–H groups in total. The predicted molar refractivity (Wildman–Crippen MR) is 61.7 cm³/mol. The van der Waals surface area contributed by atoms with Crippen molar-refractivity contribution in [1.29, 1.82) is 0 Å². The molecule has 14 heavy (non-hydrogen) atoms. The van der Waals surface area contributed by atoms with E-state index in [9.17, 15) is 4.79 Å². The van der Waals surface area contributed by atoms with E-state index >= 15 is 0 Å². The van der Waals surface area contributed by atoms with Crippen molar-refractivity contribution in [3.8, 4) is 0 Å². The first-order chi connectivity index (χ1) is 6.83. The van der Waals surface area contributed by atoms with Crippen LogP contribution in [0.2, 0.25) is 0 Å². The van der Waals surface area contributed by atoms with E-state index in [1.165, 1.54) is 18.6 Å². The lowest BCUT2D eigenvalue weighted by Crippen LogP contribution is -2.29. The maximum atomic E-state index is 11.2. The molecule has 0 spiro atoms. The van der Waals surface area contributed by atoms with Gasteiger partial charge in [0.15, 0.2) is 0 Å². The Morgan fingerprint density at radius 2 is 2.21 bits per heavy atom. The lowest BCUT2D eigenvalue weighted by molar-refractivity contribution is -0.121. The summed E-state index contributed by atoms with van der Waals surface area (Å²) in [5.41, 5.74) is 0. The predicted octanol–water partition coefficient (Wildman–Crippen LogP) is 0.998. The highest BCUT2D eigenvalue weighted by Crippen LogP contribution is 2.18. The molecule has 1 aliphatic rings. The highest BCUT2D eigenvalue weighted by atomic mass is 32.2. The van der Waals surface area contributed by atoms with Crippen molar-refractivity contribution in [2.75, 3.05) is 24.6 Å². The Kier molecular flexibility index (Phi) is 6.03. The van der Waals surface area contributed by atoms with Crippen molar-refractivity contribution in [1.82, 2.24) is 10.6 Å². The maximum absolute atomic E-state index is 11.2. The molecule has 0 unspecified atom stereocenters. The SMILES string of the molecule is CCSCCNCCC(=O)NC1CC1. The highest BCUT2D eigenvalue weighted by Gasteiger charge is 2.22. The largest absolute Gasteiger partial charge is 0.353 e. The van der Waals surface area contributed by atoms with E-state index in [1.807, 2.05) is 11.8 Å². The van der Waals surface area contributed by atoms with Crippen LogP contribution in [0.3, 0.4) is 0 Å². The van der Waals surface area contributed by atoms with Crippen molar-refractivity contribution in [3.05, 3.63) is 0 Å². The number of hydrogen-bond acceptors (Lipinski definition) is 3. The first kappa shape index (κ1) is 11.9. The van der Waals surface area contributed by atoms with Gasteiger partial charge in [-0.1, -0.05) is 6.92 Å². The fraction of sp³-hybridized carbons (Fsp3) is 0.900. The summed E-state index contributed by atoms with van der Waals surface area (Å²) < 4.78 is 0. The molecule has 0 aromatic carbocycles. The smallest absolute Gasteiger partial charge is 0.221 e. The Morgan fingerprint density at radius 1 is 1.43 bits per heavy atom. The third kappa shape index (κ3) is 6.27. The Balaban J connectivity index is 1.80. The second-order valence-electron chi connectivity index (χ2n) is 3.54. The molecule has 4 heteroatoms. The Bertz CT molecular complexity index is 172. The van der Waals surface area contributed by atoms with Crippen molar-refractivity contribution in [2.24, 2.45) is 0 Å². The van der Waals surface area contributed by atoms with Crippen LogP contribution < -0.4 is 10.6 Å². The number of nitrogens with one attached hydrogen (secondary N) is 2. The molecular weight excluding hydrogens is 196 g/mol. The Morgan fingerprint density at radius 3 is 2.86 bits per heavy atom. The molecule has 1 rings (SSSR count). The van der Waals surface area contributed by atoms with Crippen LogP contribution in [0, 0.1) is 0 Å². The molecule has 0 aromatic heterocycles. The van der Waals surface area contributed by atoms with Gasteiger partial charge in [0.1, 0.15) is 0 Å². The normalized spacial score (nSPS) is 15.5. The van der Waals surface area contributed by atoms with Gasteiger partial charge in [-0.3, -0.25) is 4.79 Å². The van der Waals surface area contributed by atoms with Gasteiger partial charge in [-0.15, -0.1) is 0 Å². The third-order valence-electron chi connectivity index (χ3n) is 2.10. The fourth-order valence-corrected chi connectivity index (χ4v) is 1.72. The molecular formula is C10H20N2OS. The summed E-state index contributed by atoms with van der Waals surface area (Å²) in [7, 11) is 0. The summed E-state index contributed by atoms with van der Waals surface area (Å²) in [5, 5.41) is 6.23. The van der Waals surface area contributed by atoms with Crippen LogP contribution in [0.5, 0.6) is 0 Å². The summed E-state index contributed by atoms with van der Waals surface area (Å²) in [5.74, 6) is 2.51. The fourth-order valence-electron chi connectivity index (χ4n) is 1.14. The number of amides is 1. The summed E-state index contributed by atoms with van der Waals surface area (Å²) in [4.78, 5) is 11.2. The first-order valence-electron chi connectivity index (χ1n) is 5.40. The molecule has 1 saturated carbocycles. The average Bonchev–Trinajstić information content (AvgIpc) is 2.95. The summed E-state index contributed by atoms with van der Waals surface area (Å²) in [6.07, 6.45) is 2.96. The molecule has 3 nitrogen and oxygen atoms in total. The van der Waals surface area contributed by atoms with Crippen molar-refractivity contribution in [2.45, 2.75) is 32.2 Å². The van der Waals surface area contributed by atoms with Crippen LogP contribution in [0.1, 0.15) is 26.2 Å². The van der Waals surface area contributed by atoms with Crippen LogP contribution in [-0.2, 0) is 4.79 Å². The van der Waals surface area contributed by atoms with Crippen LogP contribution in [-0.4, -0.2) is 36.5 Å². The van der Waals surface area contributed by atoms with Gasteiger partial charge in [-0.2, -0.15) is 11.8 Å². The quantitative estimate of drug-likeness (QED) is 0.595. The molecule has 0 radical (unpaired) electrons. The molecule has 0 heterocycles. The maximum Gasteiger partial charge on any atom is 0.221 e. The Hall–Kier alpha value is -0.220. The minimum Gasteiger partial charge on any atom is -0.353 e. The van der Waals surface area contributed by atoms with Gasteiger partial charge in [0, 0.05) is 31.3 Å². The molecule has 0 bridgehead atoms. The number of thioether (sulfide) groups is 1. The monoisotopic (exact) mass is 216 g/mol. The molecule has 0 aliphatic heterocycles. The van der Waals surface area contributed by atoms with Gasteiger partial charge in [0.25, 0.3) is 0 Å². The number of rotatable bonds is 8. The van der Waals surface area contributed by atoms with E-state index in [0.29, 0.717) is 12.5 Å². The number of carbonyl (C=O) groups excluding carboxylic acids is 1. The van der Waals surface area contributed by atoms with Crippen molar-refractivity contribution < 1.29 is 4.79 Å². The van der Waals surface area contributed by atoms with E-state index in [-0.39, 0.29) is 5.91 Å². The van der Waals surface area contributed by atoms with Crippen molar-refractivity contribution in [3.63, 3.8) is 0 Å². The summed E-state index contributed by atoms with van der Waals surface area (Å²) >= 11 is 1.92. The lowest BCUT2D eigenvalue weighted by Gasteiger charge is -2.04. The van der Waals surface area contributed by atoms with Gasteiger partial charge in [0.05, 0.1) is 0 Å². The van der Waals surface area contributed by atoms with Crippen LogP contribution in [0.15, 0.2) is 0 Å². The second-order valence-corrected chi connectivity index (χ2v) is 4.93. The number of hydrogen-bond donors (Lipinski definition) is 2. The topological polar surface area (TPSA) is 41.1 Å². The molecule has 82 valence electrons. The third-order valence-corrected chi connectivity index (χ3v) is 3.00. The average molecular weight is 216 g/mol. The van der Waals surface area contributed by atoms with Gasteiger partial charge in [0.2, 0.25) is 5.91 Å². The molecule has 0 atom stereocenters. The van der Waals surface area contributed by atoms with Gasteiger partial charge >= 0.3 is 0 Å². The first-order valence-corrected chi connectivity index (χ1v) is 6.56. The van der Waals surface area contributed by atoms with E-state index in [1.54, 1.807) is 0 Å². The van der Waals surface area contributed by atoms with Crippen LogP contribution in [0.25, 0.3) is 0 Å². The molecule has 1 aliphatic carbocycles. The van der Waals surface area contributed by atoms with Crippen LogP contribution >= 0.6 is 11.8 Å². The number of carbonyl (C=O) groups is 1. The van der Waals surface area contributed by atoms with Crippen molar-refractivity contribution >= 4 is 17.7 Å². The standard InChI is InChI=1S/C10H20N2OS/c1-2-14-8-7-11-6-5-10(13)12-9-3-4-9/h9,11H,2-8H2,1H3,(H,12,13). The van der Waals surface area contributed by atoms with Crippen LogP contribution in [0.4, 0.5) is 0 Å². The molecule has 1 fully saturated rings. The zero-order chi connectivity index (χ0) is 10.2. The Labute approximate surface area is 90.4 Å². The minimum absolute atomic E-state index is 0.197. The molecule has 1 amide bonds. The second kappa shape index (κ2) is 7.12. The molecule has 0 aromatic rings. The zero-order valence-electron chi connectivity index (χ0n) is 8.84. The van der Waals surface area contributed by atoms with E-state index in [0.717, 1.165) is 18.8 Å².